The van der Waals surface area contributed by atoms with E-state index in [1.165, 1.54) is 11.1 Å². The van der Waals surface area contributed by atoms with E-state index >= 15 is 0 Å². The van der Waals surface area contributed by atoms with E-state index in [9.17, 15) is 0 Å². The Morgan fingerprint density at radius 2 is 1.85 bits per heavy atom. The van der Waals surface area contributed by atoms with Crippen molar-refractivity contribution in [1.82, 2.24) is 10.3 Å². The first-order chi connectivity index (χ1) is 9.63. The maximum atomic E-state index is 5.71. The second-order valence-electron chi connectivity index (χ2n) is 5.30. The van der Waals surface area contributed by atoms with Crippen LogP contribution in [0.1, 0.15) is 30.7 Å². The fourth-order valence-corrected chi connectivity index (χ4v) is 1.76. The first-order valence-electron chi connectivity index (χ1n) is 7.00. The summed E-state index contributed by atoms with van der Waals surface area (Å²) >= 11 is 0. The SMILES string of the molecule is Cc1ccc(OCc2ccc(CNC(C)C)cn2)cc1. The summed E-state index contributed by atoms with van der Waals surface area (Å²) in [7, 11) is 0. The van der Waals surface area contributed by atoms with Gasteiger partial charge in [0.1, 0.15) is 12.4 Å². The second-order valence-corrected chi connectivity index (χ2v) is 5.30. The highest BCUT2D eigenvalue weighted by molar-refractivity contribution is 5.26. The van der Waals surface area contributed by atoms with Crippen molar-refractivity contribution in [3.05, 3.63) is 59.4 Å². The number of ether oxygens (including phenoxy) is 1. The fourth-order valence-electron chi connectivity index (χ4n) is 1.76. The summed E-state index contributed by atoms with van der Waals surface area (Å²) in [5, 5.41) is 3.37. The van der Waals surface area contributed by atoms with Gasteiger partial charge in [0, 0.05) is 18.8 Å². The van der Waals surface area contributed by atoms with Crippen LogP contribution < -0.4 is 10.1 Å². The van der Waals surface area contributed by atoms with Crippen LogP contribution in [0.4, 0.5) is 0 Å². The topological polar surface area (TPSA) is 34.1 Å². The Bertz CT molecular complexity index is 518. The van der Waals surface area contributed by atoms with Gasteiger partial charge in [0.25, 0.3) is 0 Å². The lowest BCUT2D eigenvalue weighted by atomic mass is 10.2. The number of nitrogens with zero attached hydrogens (tertiary/aromatic N) is 1. The molecule has 0 aliphatic rings. The van der Waals surface area contributed by atoms with Crippen molar-refractivity contribution in [2.24, 2.45) is 0 Å². The van der Waals surface area contributed by atoms with Crippen LogP contribution in [-0.4, -0.2) is 11.0 Å². The van der Waals surface area contributed by atoms with Gasteiger partial charge in [-0.05, 0) is 30.7 Å². The fraction of sp³-hybridized carbons (Fsp3) is 0.353. The minimum Gasteiger partial charge on any atom is -0.487 e. The summed E-state index contributed by atoms with van der Waals surface area (Å²) in [4.78, 5) is 4.42. The second kappa shape index (κ2) is 7.06. The van der Waals surface area contributed by atoms with E-state index in [4.69, 9.17) is 4.74 Å². The number of benzene rings is 1. The molecule has 0 unspecified atom stereocenters. The van der Waals surface area contributed by atoms with Gasteiger partial charge in [-0.25, -0.2) is 0 Å². The maximum Gasteiger partial charge on any atom is 0.130 e. The molecule has 0 saturated carbocycles. The molecule has 0 aliphatic heterocycles. The molecule has 3 heteroatoms. The molecule has 0 saturated heterocycles. The molecule has 1 heterocycles. The normalized spacial score (nSPS) is 10.8. The third-order valence-electron chi connectivity index (χ3n) is 3.01. The smallest absolute Gasteiger partial charge is 0.130 e. The molecule has 0 fully saturated rings. The van der Waals surface area contributed by atoms with Gasteiger partial charge in [0.05, 0.1) is 5.69 Å². The van der Waals surface area contributed by atoms with E-state index in [-0.39, 0.29) is 0 Å². The lowest BCUT2D eigenvalue weighted by molar-refractivity contribution is 0.301. The van der Waals surface area contributed by atoms with E-state index in [2.05, 4.69) is 37.1 Å². The van der Waals surface area contributed by atoms with Gasteiger partial charge in [-0.2, -0.15) is 0 Å². The van der Waals surface area contributed by atoms with Gasteiger partial charge in [-0.15, -0.1) is 0 Å². The highest BCUT2D eigenvalue weighted by Gasteiger charge is 1.99. The Labute approximate surface area is 121 Å². The predicted octanol–water partition coefficient (Wildman–Crippen LogP) is 3.47. The van der Waals surface area contributed by atoms with E-state index in [1.54, 1.807) is 0 Å². The lowest BCUT2D eigenvalue weighted by Gasteiger charge is -2.09. The van der Waals surface area contributed by atoms with Crippen molar-refractivity contribution in [1.29, 1.82) is 0 Å². The molecule has 20 heavy (non-hydrogen) atoms. The quantitative estimate of drug-likeness (QED) is 0.872. The largest absolute Gasteiger partial charge is 0.487 e. The van der Waals surface area contributed by atoms with Gasteiger partial charge >= 0.3 is 0 Å². The Balaban J connectivity index is 1.85. The molecule has 0 radical (unpaired) electrons. The van der Waals surface area contributed by atoms with Crippen molar-refractivity contribution >= 4 is 0 Å². The van der Waals surface area contributed by atoms with Crippen molar-refractivity contribution in [3.63, 3.8) is 0 Å². The van der Waals surface area contributed by atoms with Crippen LogP contribution in [0, 0.1) is 6.92 Å². The number of hydrogen-bond donors (Lipinski definition) is 1. The van der Waals surface area contributed by atoms with E-state index in [0.717, 1.165) is 18.0 Å². The number of pyridine rings is 1. The van der Waals surface area contributed by atoms with Crippen LogP contribution in [-0.2, 0) is 13.2 Å². The lowest BCUT2D eigenvalue weighted by Crippen LogP contribution is -2.21. The number of hydrogen-bond acceptors (Lipinski definition) is 3. The van der Waals surface area contributed by atoms with Crippen molar-refractivity contribution in [2.45, 2.75) is 40.0 Å². The minimum absolute atomic E-state index is 0.486. The van der Waals surface area contributed by atoms with Crippen LogP contribution in [0.15, 0.2) is 42.6 Å². The molecule has 0 amide bonds. The van der Waals surface area contributed by atoms with Crippen LogP contribution in [0.25, 0.3) is 0 Å². The van der Waals surface area contributed by atoms with Gasteiger partial charge in [-0.3, -0.25) is 4.98 Å². The summed E-state index contributed by atoms with van der Waals surface area (Å²) in [5.41, 5.74) is 3.37. The zero-order valence-corrected chi connectivity index (χ0v) is 12.4. The van der Waals surface area contributed by atoms with Crippen molar-refractivity contribution in [3.8, 4) is 5.75 Å². The zero-order chi connectivity index (χ0) is 14.4. The summed E-state index contributed by atoms with van der Waals surface area (Å²) < 4.78 is 5.71. The summed E-state index contributed by atoms with van der Waals surface area (Å²) in [6.45, 7) is 7.69. The van der Waals surface area contributed by atoms with Gasteiger partial charge in [0.2, 0.25) is 0 Å². The van der Waals surface area contributed by atoms with Crippen LogP contribution >= 0.6 is 0 Å². The van der Waals surface area contributed by atoms with Crippen LogP contribution in [0.5, 0.6) is 5.75 Å². The number of aromatic nitrogens is 1. The van der Waals surface area contributed by atoms with Gasteiger partial charge < -0.3 is 10.1 Å². The molecule has 0 aliphatic carbocycles. The summed E-state index contributed by atoms with van der Waals surface area (Å²) in [6.07, 6.45) is 1.91. The van der Waals surface area contributed by atoms with Gasteiger partial charge in [-0.1, -0.05) is 37.6 Å². The van der Waals surface area contributed by atoms with E-state index < -0.39 is 0 Å². The molecule has 106 valence electrons. The van der Waals surface area contributed by atoms with Crippen LogP contribution in [0.3, 0.4) is 0 Å². The molecular formula is C17H22N2O. The molecule has 3 nitrogen and oxygen atoms in total. The van der Waals surface area contributed by atoms with E-state index in [0.29, 0.717) is 12.6 Å². The molecule has 1 aromatic heterocycles. The van der Waals surface area contributed by atoms with Crippen molar-refractivity contribution in [2.75, 3.05) is 0 Å². The minimum atomic E-state index is 0.486. The third-order valence-corrected chi connectivity index (χ3v) is 3.01. The molecule has 2 aromatic rings. The van der Waals surface area contributed by atoms with Crippen LogP contribution in [0.2, 0.25) is 0 Å². The van der Waals surface area contributed by atoms with E-state index in [1.807, 2.05) is 36.5 Å². The molecule has 1 N–H and O–H groups in total. The van der Waals surface area contributed by atoms with Crippen molar-refractivity contribution < 1.29 is 4.74 Å². The highest BCUT2D eigenvalue weighted by atomic mass is 16.5. The monoisotopic (exact) mass is 270 g/mol. The Kier molecular flexibility index (Phi) is 5.13. The summed E-state index contributed by atoms with van der Waals surface area (Å²) in [5.74, 6) is 0.878. The molecule has 0 atom stereocenters. The first-order valence-corrected chi connectivity index (χ1v) is 7.00. The Morgan fingerprint density at radius 3 is 2.45 bits per heavy atom. The molecular weight excluding hydrogens is 248 g/mol. The predicted molar refractivity (Wildman–Crippen MR) is 81.7 cm³/mol. The highest BCUT2D eigenvalue weighted by Crippen LogP contribution is 2.13. The number of rotatable bonds is 6. The first kappa shape index (κ1) is 14.5. The Morgan fingerprint density at radius 1 is 1.10 bits per heavy atom. The molecule has 0 bridgehead atoms. The number of nitrogens with one attached hydrogen (secondary N) is 1. The molecule has 2 rings (SSSR count). The third kappa shape index (κ3) is 4.67. The average molecular weight is 270 g/mol. The maximum absolute atomic E-state index is 5.71. The Hall–Kier alpha value is -1.87. The zero-order valence-electron chi connectivity index (χ0n) is 12.4. The standard InChI is InChI=1S/C17H22N2O/c1-13(2)18-10-15-6-7-16(19-11-15)12-20-17-8-4-14(3)5-9-17/h4-9,11,13,18H,10,12H2,1-3H3. The average Bonchev–Trinajstić information content (AvgIpc) is 2.45. The summed E-state index contributed by atoms with van der Waals surface area (Å²) in [6, 6.07) is 12.7. The molecule has 0 spiro atoms. The molecule has 1 aromatic carbocycles. The number of aryl methyl sites for hydroxylation is 1. The van der Waals surface area contributed by atoms with Gasteiger partial charge in [0.15, 0.2) is 0 Å².